The summed E-state index contributed by atoms with van der Waals surface area (Å²) in [4.78, 5) is 11.4. The fourth-order valence-corrected chi connectivity index (χ4v) is 4.75. The molecule has 0 radical (unpaired) electrons. The standard InChI is InChI=1S/C15H20N2O4S/c1-3-10-9-16(2)14-12(10)7-11(15(18)19)8-13(14)17-5-4-6-22(17,20)21/h7-9,20-21H,3-6H2,1-2H3,(H,18,19). The molecule has 22 heavy (non-hydrogen) atoms. The van der Waals surface area contributed by atoms with Crippen molar-refractivity contribution in [1.29, 1.82) is 0 Å². The molecule has 1 aromatic carbocycles. The van der Waals surface area contributed by atoms with E-state index >= 15 is 0 Å². The molecule has 2 heterocycles. The molecule has 0 atom stereocenters. The highest BCUT2D eigenvalue weighted by Gasteiger charge is 2.31. The smallest absolute Gasteiger partial charge is 0.335 e. The molecule has 0 amide bonds. The summed E-state index contributed by atoms with van der Waals surface area (Å²) < 4.78 is 24.0. The van der Waals surface area contributed by atoms with E-state index in [-0.39, 0.29) is 5.56 Å². The number of carbonyl (C=O) groups is 1. The van der Waals surface area contributed by atoms with E-state index in [1.807, 2.05) is 24.7 Å². The Morgan fingerprint density at radius 1 is 1.36 bits per heavy atom. The second kappa shape index (κ2) is 5.19. The second-order valence-electron chi connectivity index (χ2n) is 5.61. The van der Waals surface area contributed by atoms with Crippen LogP contribution in [0.4, 0.5) is 5.69 Å². The van der Waals surface area contributed by atoms with Gasteiger partial charge in [0.05, 0.1) is 22.5 Å². The van der Waals surface area contributed by atoms with Crippen LogP contribution in [0.5, 0.6) is 0 Å². The lowest BCUT2D eigenvalue weighted by molar-refractivity contribution is 0.0697. The van der Waals surface area contributed by atoms with Gasteiger partial charge in [-0.25, -0.2) is 4.79 Å². The first-order valence-electron chi connectivity index (χ1n) is 7.24. The number of fused-ring (bicyclic) bond motifs is 1. The SMILES string of the molecule is CCc1cn(C)c2c(N3CCCS3(O)O)cc(C(=O)O)cc12. The van der Waals surface area contributed by atoms with E-state index in [0.29, 0.717) is 24.4 Å². The molecule has 3 N–H and O–H groups in total. The van der Waals surface area contributed by atoms with Crippen LogP contribution in [-0.2, 0) is 13.5 Å². The molecule has 0 spiro atoms. The third-order valence-electron chi connectivity index (χ3n) is 4.17. The third-order valence-corrected chi connectivity index (χ3v) is 6.09. The lowest BCUT2D eigenvalue weighted by Gasteiger charge is -2.38. The number of aromatic carboxylic acids is 1. The van der Waals surface area contributed by atoms with Crippen molar-refractivity contribution < 1.29 is 19.0 Å². The minimum atomic E-state index is -2.86. The first kappa shape index (κ1) is 15.2. The summed E-state index contributed by atoms with van der Waals surface area (Å²) in [6, 6.07) is 3.21. The number of aryl methyl sites for hydroxylation is 2. The normalized spacial score (nSPS) is 18.8. The monoisotopic (exact) mass is 324 g/mol. The third kappa shape index (κ3) is 2.25. The Balaban J connectivity index is 2.32. The molecule has 1 aliphatic heterocycles. The van der Waals surface area contributed by atoms with Crippen LogP contribution in [0.25, 0.3) is 10.9 Å². The van der Waals surface area contributed by atoms with E-state index in [9.17, 15) is 19.0 Å². The molecule has 6 nitrogen and oxygen atoms in total. The van der Waals surface area contributed by atoms with Gasteiger partial charge in [0.15, 0.2) is 0 Å². The van der Waals surface area contributed by atoms with E-state index < -0.39 is 16.7 Å². The van der Waals surface area contributed by atoms with Gasteiger partial charge in [0.1, 0.15) is 0 Å². The van der Waals surface area contributed by atoms with E-state index in [0.717, 1.165) is 22.9 Å². The van der Waals surface area contributed by atoms with Crippen molar-refractivity contribution in [3.8, 4) is 0 Å². The van der Waals surface area contributed by atoms with Crippen LogP contribution in [0.15, 0.2) is 18.3 Å². The number of hydrogen-bond donors (Lipinski definition) is 3. The minimum absolute atomic E-state index is 0.172. The van der Waals surface area contributed by atoms with Gasteiger partial charge >= 0.3 is 5.97 Å². The molecule has 1 saturated heterocycles. The predicted octanol–water partition coefficient (Wildman–Crippen LogP) is 3.31. The van der Waals surface area contributed by atoms with Gasteiger partial charge in [0.2, 0.25) is 0 Å². The zero-order valence-electron chi connectivity index (χ0n) is 12.6. The van der Waals surface area contributed by atoms with Gasteiger partial charge in [0, 0.05) is 25.2 Å². The van der Waals surface area contributed by atoms with Crippen LogP contribution >= 0.6 is 10.8 Å². The number of anilines is 1. The molecule has 1 fully saturated rings. The molecule has 7 heteroatoms. The zero-order chi connectivity index (χ0) is 16.1. The van der Waals surface area contributed by atoms with Crippen LogP contribution in [0.3, 0.4) is 0 Å². The van der Waals surface area contributed by atoms with Crippen molar-refractivity contribution in [2.45, 2.75) is 19.8 Å². The van der Waals surface area contributed by atoms with E-state index in [1.54, 1.807) is 16.4 Å². The van der Waals surface area contributed by atoms with Crippen molar-refractivity contribution in [3.63, 3.8) is 0 Å². The summed E-state index contributed by atoms with van der Waals surface area (Å²) in [5, 5.41) is 10.2. The molecule has 0 unspecified atom stereocenters. The van der Waals surface area contributed by atoms with Gasteiger partial charge in [-0.2, -0.15) is 0 Å². The fourth-order valence-electron chi connectivity index (χ4n) is 3.13. The molecule has 3 rings (SSSR count). The van der Waals surface area contributed by atoms with Crippen LogP contribution in [0, 0.1) is 0 Å². The first-order valence-corrected chi connectivity index (χ1v) is 8.91. The average Bonchev–Trinajstić information content (AvgIpc) is 2.97. The largest absolute Gasteiger partial charge is 0.478 e. The maximum Gasteiger partial charge on any atom is 0.335 e. The van der Waals surface area contributed by atoms with Gasteiger partial charge in [-0.15, -0.1) is 10.8 Å². The Morgan fingerprint density at radius 3 is 2.64 bits per heavy atom. The van der Waals surface area contributed by atoms with Crippen LogP contribution in [0.1, 0.15) is 29.3 Å². The highest BCUT2D eigenvalue weighted by molar-refractivity contribution is 8.25. The van der Waals surface area contributed by atoms with Gasteiger partial charge in [0.25, 0.3) is 0 Å². The summed E-state index contributed by atoms with van der Waals surface area (Å²) in [7, 11) is -0.965. The van der Waals surface area contributed by atoms with Crippen LogP contribution < -0.4 is 4.31 Å². The van der Waals surface area contributed by atoms with Crippen LogP contribution in [-0.4, -0.2) is 37.0 Å². The fraction of sp³-hybridized carbons (Fsp3) is 0.400. The van der Waals surface area contributed by atoms with E-state index in [1.165, 1.54) is 0 Å². The Kier molecular flexibility index (Phi) is 3.58. The van der Waals surface area contributed by atoms with Crippen molar-refractivity contribution in [2.75, 3.05) is 16.6 Å². The zero-order valence-corrected chi connectivity index (χ0v) is 13.4. The van der Waals surface area contributed by atoms with Crippen LogP contribution in [0.2, 0.25) is 0 Å². The second-order valence-corrected chi connectivity index (χ2v) is 7.72. The molecule has 120 valence electrons. The topological polar surface area (TPSA) is 85.9 Å². The highest BCUT2D eigenvalue weighted by Crippen LogP contribution is 2.52. The molecule has 2 aromatic rings. The number of carboxylic acid groups (broad SMARTS) is 1. The Bertz CT molecular complexity index is 754. The molecular formula is C15H20N2O4S. The van der Waals surface area contributed by atoms with Gasteiger partial charge in [-0.05, 0) is 30.5 Å². The number of aromatic nitrogens is 1. The average molecular weight is 324 g/mol. The summed E-state index contributed by atoms with van der Waals surface area (Å²) in [5.41, 5.74) is 2.67. The summed E-state index contributed by atoms with van der Waals surface area (Å²) in [6.45, 7) is 2.54. The van der Waals surface area contributed by atoms with E-state index in [4.69, 9.17) is 0 Å². The molecule has 0 saturated carbocycles. The van der Waals surface area contributed by atoms with Crippen molar-refractivity contribution in [3.05, 3.63) is 29.5 Å². The minimum Gasteiger partial charge on any atom is -0.478 e. The maximum atomic E-state index is 11.4. The predicted molar refractivity (Wildman–Crippen MR) is 88.9 cm³/mol. The highest BCUT2D eigenvalue weighted by atomic mass is 32.3. The van der Waals surface area contributed by atoms with E-state index in [2.05, 4.69) is 0 Å². The number of carboxylic acids is 1. The molecule has 1 aliphatic rings. The maximum absolute atomic E-state index is 11.4. The Labute approximate surface area is 130 Å². The van der Waals surface area contributed by atoms with Crippen molar-refractivity contribution in [1.82, 2.24) is 4.57 Å². The van der Waals surface area contributed by atoms with Gasteiger partial charge < -0.3 is 9.67 Å². The molecule has 1 aromatic heterocycles. The Morgan fingerprint density at radius 2 is 2.09 bits per heavy atom. The lowest BCUT2D eigenvalue weighted by Crippen LogP contribution is -2.23. The molecule has 0 aliphatic carbocycles. The van der Waals surface area contributed by atoms with Crippen molar-refractivity contribution >= 4 is 33.3 Å². The number of rotatable bonds is 3. The summed E-state index contributed by atoms with van der Waals surface area (Å²) >= 11 is 0. The van der Waals surface area contributed by atoms with Gasteiger partial charge in [-0.3, -0.25) is 13.4 Å². The number of benzene rings is 1. The van der Waals surface area contributed by atoms with Crippen molar-refractivity contribution in [2.24, 2.45) is 7.05 Å². The molecular weight excluding hydrogens is 304 g/mol. The van der Waals surface area contributed by atoms with Gasteiger partial charge in [-0.1, -0.05) is 6.92 Å². The first-order chi connectivity index (χ1) is 10.3. The summed E-state index contributed by atoms with van der Waals surface area (Å²) in [6.07, 6.45) is 3.45. The number of hydrogen-bond acceptors (Lipinski definition) is 4. The summed E-state index contributed by atoms with van der Waals surface area (Å²) in [5.74, 6) is -0.679. The quantitative estimate of drug-likeness (QED) is 0.806. The Hall–Kier alpha value is -1.70. The lowest BCUT2D eigenvalue weighted by atomic mass is 10.1. The number of nitrogens with zero attached hydrogens (tertiary/aromatic N) is 2. The molecule has 0 bridgehead atoms.